The fourth-order valence-electron chi connectivity index (χ4n) is 2.59. The summed E-state index contributed by atoms with van der Waals surface area (Å²) in [5.74, 6) is 6.13. The van der Waals surface area contributed by atoms with Crippen molar-refractivity contribution in [3.63, 3.8) is 0 Å². The van der Waals surface area contributed by atoms with Gasteiger partial charge in [-0.25, -0.2) is 0 Å². The number of aryl methyl sites for hydroxylation is 1. The van der Waals surface area contributed by atoms with Crippen LogP contribution in [0.25, 0.3) is 0 Å². The molecular weight excluding hydrogens is 218 g/mol. The lowest BCUT2D eigenvalue weighted by atomic mass is 9.89. The van der Waals surface area contributed by atoms with Crippen LogP contribution in [-0.4, -0.2) is 33.7 Å². The molecule has 0 saturated carbocycles. The van der Waals surface area contributed by atoms with Crippen LogP contribution in [0.2, 0.25) is 0 Å². The Morgan fingerprint density at radius 2 is 2.53 bits per heavy atom. The second-order valence-electron chi connectivity index (χ2n) is 4.63. The normalized spacial score (nSPS) is 26.3. The Kier molecular flexibility index (Phi) is 4.09. The van der Waals surface area contributed by atoms with Gasteiger partial charge in [-0.05, 0) is 12.8 Å². The van der Waals surface area contributed by atoms with E-state index in [0.717, 1.165) is 31.6 Å². The summed E-state index contributed by atoms with van der Waals surface area (Å²) in [6.07, 6.45) is 5.14. The van der Waals surface area contributed by atoms with Gasteiger partial charge in [0.25, 0.3) is 0 Å². The average Bonchev–Trinajstić information content (AvgIpc) is 2.94. The first kappa shape index (κ1) is 12.5. The number of hydrogen-bond donors (Lipinski definition) is 2. The lowest BCUT2D eigenvalue weighted by molar-refractivity contribution is 0.0773. The first-order valence-electron chi connectivity index (χ1n) is 6.17. The van der Waals surface area contributed by atoms with Crippen LogP contribution in [0.15, 0.2) is 6.20 Å². The molecular formula is C11H21N5O. The maximum absolute atomic E-state index is 5.70. The number of nitrogens with one attached hydrogen (secondary N) is 1. The standard InChI is InChI=1S/C11H21N5O/c1-3-11-9(4-5-17-11)10(13-12)6-8-7-16(2)15-14-8/h7,9-11,13H,3-6,12H2,1-2H3. The third-order valence-corrected chi connectivity index (χ3v) is 3.47. The highest BCUT2D eigenvalue weighted by Crippen LogP contribution is 2.27. The summed E-state index contributed by atoms with van der Waals surface area (Å²) >= 11 is 0. The van der Waals surface area contributed by atoms with Gasteiger partial charge in [0, 0.05) is 38.2 Å². The van der Waals surface area contributed by atoms with Gasteiger partial charge in [-0.1, -0.05) is 12.1 Å². The molecule has 1 aromatic heterocycles. The maximum Gasteiger partial charge on any atom is 0.0843 e. The highest BCUT2D eigenvalue weighted by Gasteiger charge is 2.33. The molecule has 3 N–H and O–H groups in total. The molecule has 0 bridgehead atoms. The Morgan fingerprint density at radius 3 is 3.12 bits per heavy atom. The third kappa shape index (κ3) is 2.83. The number of rotatable bonds is 5. The number of hydrogen-bond acceptors (Lipinski definition) is 5. The van der Waals surface area contributed by atoms with E-state index in [9.17, 15) is 0 Å². The molecule has 3 atom stereocenters. The molecule has 1 aliphatic heterocycles. The summed E-state index contributed by atoms with van der Waals surface area (Å²) < 4.78 is 7.42. The molecule has 1 aromatic rings. The molecule has 17 heavy (non-hydrogen) atoms. The van der Waals surface area contributed by atoms with E-state index in [-0.39, 0.29) is 6.04 Å². The minimum absolute atomic E-state index is 0.208. The molecule has 96 valence electrons. The Morgan fingerprint density at radius 1 is 1.71 bits per heavy atom. The number of nitrogens with two attached hydrogens (primary N) is 1. The SMILES string of the molecule is CCC1OCCC1C(Cc1cn(C)nn1)NN. The van der Waals surface area contributed by atoms with Crippen LogP contribution in [0.3, 0.4) is 0 Å². The molecule has 6 heteroatoms. The third-order valence-electron chi connectivity index (χ3n) is 3.47. The molecule has 3 unspecified atom stereocenters. The maximum atomic E-state index is 5.70. The number of ether oxygens (including phenoxy) is 1. The van der Waals surface area contributed by atoms with Crippen molar-refractivity contribution in [2.75, 3.05) is 6.61 Å². The van der Waals surface area contributed by atoms with Gasteiger partial charge in [-0.2, -0.15) is 0 Å². The van der Waals surface area contributed by atoms with Gasteiger partial charge in [0.15, 0.2) is 0 Å². The van der Waals surface area contributed by atoms with Gasteiger partial charge < -0.3 is 4.74 Å². The van der Waals surface area contributed by atoms with E-state index in [0.29, 0.717) is 12.0 Å². The second kappa shape index (κ2) is 5.57. The van der Waals surface area contributed by atoms with Crippen molar-refractivity contribution in [1.82, 2.24) is 20.4 Å². The number of aromatic nitrogens is 3. The van der Waals surface area contributed by atoms with Crippen molar-refractivity contribution in [1.29, 1.82) is 0 Å². The summed E-state index contributed by atoms with van der Waals surface area (Å²) in [5, 5.41) is 8.04. The van der Waals surface area contributed by atoms with Crippen molar-refractivity contribution >= 4 is 0 Å². The average molecular weight is 239 g/mol. The van der Waals surface area contributed by atoms with Crippen LogP contribution in [0.1, 0.15) is 25.5 Å². The van der Waals surface area contributed by atoms with Crippen LogP contribution in [0, 0.1) is 5.92 Å². The fourth-order valence-corrected chi connectivity index (χ4v) is 2.59. The number of hydrazine groups is 1. The highest BCUT2D eigenvalue weighted by molar-refractivity contribution is 4.98. The van der Waals surface area contributed by atoms with Gasteiger partial charge in [-0.15, -0.1) is 5.10 Å². The topological polar surface area (TPSA) is 78.0 Å². The van der Waals surface area contributed by atoms with Gasteiger partial charge >= 0.3 is 0 Å². The van der Waals surface area contributed by atoms with E-state index in [1.807, 2.05) is 13.2 Å². The summed E-state index contributed by atoms with van der Waals surface area (Å²) in [5.41, 5.74) is 3.88. The Balaban J connectivity index is 2.00. The smallest absolute Gasteiger partial charge is 0.0843 e. The van der Waals surface area contributed by atoms with E-state index in [1.54, 1.807) is 4.68 Å². The van der Waals surface area contributed by atoms with Crippen molar-refractivity contribution < 1.29 is 4.74 Å². The summed E-state index contributed by atoms with van der Waals surface area (Å²) in [7, 11) is 1.87. The van der Waals surface area contributed by atoms with E-state index in [4.69, 9.17) is 10.6 Å². The first-order valence-corrected chi connectivity index (χ1v) is 6.17. The Hall–Kier alpha value is -0.980. The zero-order valence-electron chi connectivity index (χ0n) is 10.5. The van der Waals surface area contributed by atoms with Crippen molar-refractivity contribution in [2.24, 2.45) is 18.8 Å². The van der Waals surface area contributed by atoms with Crippen molar-refractivity contribution in [2.45, 2.75) is 38.3 Å². The van der Waals surface area contributed by atoms with Crippen LogP contribution >= 0.6 is 0 Å². The molecule has 1 fully saturated rings. The van der Waals surface area contributed by atoms with Gasteiger partial charge in [-0.3, -0.25) is 16.0 Å². The molecule has 0 spiro atoms. The summed E-state index contributed by atoms with van der Waals surface area (Å²) in [6, 6.07) is 0.208. The zero-order valence-corrected chi connectivity index (χ0v) is 10.5. The van der Waals surface area contributed by atoms with E-state index in [2.05, 4.69) is 22.7 Å². The molecule has 0 aliphatic carbocycles. The fraction of sp³-hybridized carbons (Fsp3) is 0.818. The minimum atomic E-state index is 0.208. The number of nitrogens with zero attached hydrogens (tertiary/aromatic N) is 3. The predicted octanol–water partition coefficient (Wildman–Crippen LogP) is 0.00460. The zero-order chi connectivity index (χ0) is 12.3. The van der Waals surface area contributed by atoms with Crippen LogP contribution < -0.4 is 11.3 Å². The minimum Gasteiger partial charge on any atom is -0.378 e. The highest BCUT2D eigenvalue weighted by atomic mass is 16.5. The second-order valence-corrected chi connectivity index (χ2v) is 4.63. The predicted molar refractivity (Wildman–Crippen MR) is 64.0 cm³/mol. The van der Waals surface area contributed by atoms with E-state index < -0.39 is 0 Å². The Labute approximate surface area is 101 Å². The summed E-state index contributed by atoms with van der Waals surface area (Å²) in [6.45, 7) is 2.99. The van der Waals surface area contributed by atoms with Gasteiger partial charge in [0.2, 0.25) is 0 Å². The van der Waals surface area contributed by atoms with Crippen LogP contribution in [0.5, 0.6) is 0 Å². The van der Waals surface area contributed by atoms with Gasteiger partial charge in [0.05, 0.1) is 11.8 Å². The lowest BCUT2D eigenvalue weighted by Crippen LogP contribution is -2.45. The summed E-state index contributed by atoms with van der Waals surface area (Å²) in [4.78, 5) is 0. The molecule has 0 aromatic carbocycles. The molecule has 6 nitrogen and oxygen atoms in total. The van der Waals surface area contributed by atoms with Crippen molar-refractivity contribution in [3.05, 3.63) is 11.9 Å². The van der Waals surface area contributed by atoms with Crippen LogP contribution in [-0.2, 0) is 18.2 Å². The first-order chi connectivity index (χ1) is 8.24. The largest absolute Gasteiger partial charge is 0.378 e. The van der Waals surface area contributed by atoms with Crippen LogP contribution in [0.4, 0.5) is 0 Å². The molecule has 1 saturated heterocycles. The van der Waals surface area contributed by atoms with Gasteiger partial charge in [0.1, 0.15) is 0 Å². The molecule has 1 aliphatic rings. The van der Waals surface area contributed by atoms with Crippen molar-refractivity contribution in [3.8, 4) is 0 Å². The molecule has 2 rings (SSSR count). The monoisotopic (exact) mass is 239 g/mol. The molecule has 0 amide bonds. The van der Waals surface area contributed by atoms with E-state index in [1.165, 1.54) is 0 Å². The lowest BCUT2D eigenvalue weighted by Gasteiger charge is -2.25. The molecule has 0 radical (unpaired) electrons. The quantitative estimate of drug-likeness (QED) is 0.559. The Bertz CT molecular complexity index is 353. The molecule has 2 heterocycles. The van der Waals surface area contributed by atoms with E-state index >= 15 is 0 Å².